The predicted octanol–water partition coefficient (Wildman–Crippen LogP) is 1.64. The van der Waals surface area contributed by atoms with Crippen LogP contribution in [0.1, 0.15) is 26.2 Å². The largest absolute Gasteiger partial charge is 0.493 e. The second kappa shape index (κ2) is 7.88. The van der Waals surface area contributed by atoms with Crippen LogP contribution >= 0.6 is 0 Å². The minimum absolute atomic E-state index is 0.0638. The first-order valence-corrected chi connectivity index (χ1v) is 7.67. The molecular weight excluding hydrogens is 266 g/mol. The van der Waals surface area contributed by atoms with Crippen molar-refractivity contribution in [2.45, 2.75) is 32.2 Å². The molecule has 0 unspecified atom stereocenters. The number of carbonyl (C=O) groups is 1. The summed E-state index contributed by atoms with van der Waals surface area (Å²) in [6.45, 7) is 5.78. The van der Waals surface area contributed by atoms with Gasteiger partial charge in [0.05, 0.1) is 13.0 Å². The normalized spacial score (nSPS) is 16.6. The van der Waals surface area contributed by atoms with Crippen molar-refractivity contribution in [2.75, 3.05) is 32.0 Å². The molecule has 21 heavy (non-hydrogen) atoms. The van der Waals surface area contributed by atoms with E-state index in [9.17, 15) is 4.79 Å². The maximum atomic E-state index is 11.9. The van der Waals surface area contributed by atoms with Crippen LogP contribution in [0, 0.1) is 0 Å². The molecule has 0 bridgehead atoms. The van der Waals surface area contributed by atoms with E-state index in [-0.39, 0.29) is 5.91 Å². The highest BCUT2D eigenvalue weighted by Gasteiger charge is 2.19. The second-order valence-corrected chi connectivity index (χ2v) is 5.45. The van der Waals surface area contributed by atoms with Crippen LogP contribution in [0.3, 0.4) is 0 Å². The first kappa shape index (κ1) is 15.6. The van der Waals surface area contributed by atoms with Gasteiger partial charge in [0, 0.05) is 30.9 Å². The van der Waals surface area contributed by atoms with E-state index in [1.807, 2.05) is 18.2 Å². The zero-order chi connectivity index (χ0) is 15.1. The molecule has 1 aromatic carbocycles. The molecule has 1 amide bonds. The first-order valence-electron chi connectivity index (χ1n) is 7.67. The van der Waals surface area contributed by atoms with E-state index in [0.717, 1.165) is 32.5 Å². The molecule has 116 valence electrons. The summed E-state index contributed by atoms with van der Waals surface area (Å²) in [5.74, 6) is 0.771. The van der Waals surface area contributed by atoms with Crippen LogP contribution in [-0.2, 0) is 4.79 Å². The third kappa shape index (κ3) is 5.27. The van der Waals surface area contributed by atoms with Gasteiger partial charge < -0.3 is 20.7 Å². The molecule has 0 aliphatic carbocycles. The van der Waals surface area contributed by atoms with Crippen molar-refractivity contribution in [3.63, 3.8) is 0 Å². The van der Waals surface area contributed by atoms with Gasteiger partial charge in [-0.25, -0.2) is 0 Å². The Bertz CT molecular complexity index is 457. The number of nitrogen functional groups attached to an aromatic ring is 1. The number of rotatable bonds is 6. The van der Waals surface area contributed by atoms with E-state index < -0.39 is 0 Å². The molecule has 1 aromatic rings. The number of anilines is 1. The number of ether oxygens (including phenoxy) is 1. The number of nitrogens with two attached hydrogens (primary N) is 1. The Labute approximate surface area is 126 Å². The number of amides is 1. The Morgan fingerprint density at radius 3 is 2.86 bits per heavy atom. The van der Waals surface area contributed by atoms with Crippen LogP contribution in [0.2, 0.25) is 0 Å². The quantitative estimate of drug-likeness (QED) is 0.782. The lowest BCUT2D eigenvalue weighted by molar-refractivity contribution is -0.122. The maximum absolute atomic E-state index is 11.9. The highest BCUT2D eigenvalue weighted by atomic mass is 16.5. The highest BCUT2D eigenvalue weighted by molar-refractivity contribution is 5.76. The van der Waals surface area contributed by atoms with Gasteiger partial charge >= 0.3 is 0 Å². The molecule has 1 aliphatic rings. The first-order chi connectivity index (χ1) is 10.2. The molecule has 5 heteroatoms. The van der Waals surface area contributed by atoms with Crippen molar-refractivity contribution < 1.29 is 9.53 Å². The molecule has 0 saturated carbocycles. The Balaban J connectivity index is 1.64. The van der Waals surface area contributed by atoms with Gasteiger partial charge in [-0.15, -0.1) is 0 Å². The molecule has 0 spiro atoms. The number of hydrogen-bond donors (Lipinski definition) is 2. The van der Waals surface area contributed by atoms with E-state index in [4.69, 9.17) is 10.5 Å². The monoisotopic (exact) mass is 291 g/mol. The van der Waals surface area contributed by atoms with Gasteiger partial charge in [-0.2, -0.15) is 0 Å². The van der Waals surface area contributed by atoms with Crippen LogP contribution in [-0.4, -0.2) is 43.1 Å². The van der Waals surface area contributed by atoms with Crippen molar-refractivity contribution in [3.8, 4) is 5.75 Å². The van der Waals surface area contributed by atoms with Crippen LogP contribution in [0.15, 0.2) is 24.3 Å². The average Bonchev–Trinajstić information content (AvgIpc) is 2.48. The Morgan fingerprint density at radius 2 is 2.19 bits per heavy atom. The number of hydrogen-bond acceptors (Lipinski definition) is 4. The topological polar surface area (TPSA) is 67.6 Å². The molecule has 1 heterocycles. The van der Waals surface area contributed by atoms with Crippen LogP contribution in [0.4, 0.5) is 5.69 Å². The van der Waals surface area contributed by atoms with E-state index in [1.165, 1.54) is 0 Å². The van der Waals surface area contributed by atoms with Crippen molar-refractivity contribution in [3.05, 3.63) is 24.3 Å². The summed E-state index contributed by atoms with van der Waals surface area (Å²) >= 11 is 0. The minimum atomic E-state index is 0.0638. The third-order valence-electron chi connectivity index (χ3n) is 3.86. The third-order valence-corrected chi connectivity index (χ3v) is 3.86. The number of benzene rings is 1. The zero-order valence-corrected chi connectivity index (χ0v) is 12.7. The molecule has 0 atom stereocenters. The smallest absolute Gasteiger partial charge is 0.223 e. The van der Waals surface area contributed by atoms with Crippen molar-refractivity contribution in [1.82, 2.24) is 10.2 Å². The molecule has 0 aromatic heterocycles. The average molecular weight is 291 g/mol. The van der Waals surface area contributed by atoms with Crippen molar-refractivity contribution >= 4 is 11.6 Å². The second-order valence-electron chi connectivity index (χ2n) is 5.45. The number of piperidine rings is 1. The standard InChI is InChI=1S/C16H25N3O2/c1-2-19-9-6-14(7-10-19)18-16(20)8-11-21-15-5-3-4-13(17)12-15/h3-5,12,14H,2,6-11,17H2,1H3,(H,18,20). The molecule has 1 fully saturated rings. The van der Waals surface area contributed by atoms with Crippen LogP contribution in [0.5, 0.6) is 5.75 Å². The van der Waals surface area contributed by atoms with Gasteiger partial charge in [-0.1, -0.05) is 13.0 Å². The van der Waals surface area contributed by atoms with Gasteiger partial charge in [0.2, 0.25) is 5.91 Å². The Hall–Kier alpha value is -1.75. The maximum Gasteiger partial charge on any atom is 0.223 e. The fourth-order valence-electron chi connectivity index (χ4n) is 2.56. The van der Waals surface area contributed by atoms with E-state index in [1.54, 1.807) is 6.07 Å². The Kier molecular flexibility index (Phi) is 5.87. The number of likely N-dealkylation sites (tertiary alicyclic amines) is 1. The lowest BCUT2D eigenvalue weighted by Crippen LogP contribution is -2.44. The molecule has 3 N–H and O–H groups in total. The summed E-state index contributed by atoms with van der Waals surface area (Å²) in [5.41, 5.74) is 6.34. The van der Waals surface area contributed by atoms with Gasteiger partial charge in [-0.05, 0) is 31.5 Å². The molecule has 1 saturated heterocycles. The van der Waals surface area contributed by atoms with Gasteiger partial charge in [0.25, 0.3) is 0 Å². The van der Waals surface area contributed by atoms with E-state index in [0.29, 0.717) is 30.5 Å². The minimum Gasteiger partial charge on any atom is -0.493 e. The number of nitrogens with one attached hydrogen (secondary N) is 1. The SMILES string of the molecule is CCN1CCC(NC(=O)CCOc2cccc(N)c2)CC1. The van der Waals surface area contributed by atoms with Crippen LogP contribution < -0.4 is 15.8 Å². The summed E-state index contributed by atoms with van der Waals surface area (Å²) in [6, 6.07) is 7.56. The molecular formula is C16H25N3O2. The summed E-state index contributed by atoms with van der Waals surface area (Å²) < 4.78 is 5.53. The number of nitrogens with zero attached hydrogens (tertiary/aromatic N) is 1. The summed E-state index contributed by atoms with van der Waals surface area (Å²) in [7, 11) is 0. The lowest BCUT2D eigenvalue weighted by atomic mass is 10.1. The van der Waals surface area contributed by atoms with E-state index in [2.05, 4.69) is 17.1 Å². The number of carbonyl (C=O) groups excluding carboxylic acids is 1. The summed E-state index contributed by atoms with van der Waals surface area (Å²) in [6.07, 6.45) is 2.45. The van der Waals surface area contributed by atoms with Gasteiger partial charge in [0.1, 0.15) is 5.75 Å². The van der Waals surface area contributed by atoms with Gasteiger partial charge in [-0.3, -0.25) is 4.79 Å². The molecule has 0 radical (unpaired) electrons. The predicted molar refractivity (Wildman–Crippen MR) is 84.2 cm³/mol. The Morgan fingerprint density at radius 1 is 1.43 bits per heavy atom. The zero-order valence-electron chi connectivity index (χ0n) is 12.7. The summed E-state index contributed by atoms with van der Waals surface area (Å²) in [4.78, 5) is 14.3. The highest BCUT2D eigenvalue weighted by Crippen LogP contribution is 2.14. The van der Waals surface area contributed by atoms with Crippen molar-refractivity contribution in [1.29, 1.82) is 0 Å². The van der Waals surface area contributed by atoms with E-state index >= 15 is 0 Å². The van der Waals surface area contributed by atoms with Gasteiger partial charge in [0.15, 0.2) is 0 Å². The summed E-state index contributed by atoms with van der Waals surface area (Å²) in [5, 5.41) is 3.09. The fourth-order valence-corrected chi connectivity index (χ4v) is 2.56. The van der Waals surface area contributed by atoms with Crippen LogP contribution in [0.25, 0.3) is 0 Å². The molecule has 2 rings (SSSR count). The molecule has 5 nitrogen and oxygen atoms in total. The lowest BCUT2D eigenvalue weighted by Gasteiger charge is -2.31. The molecule has 1 aliphatic heterocycles. The fraction of sp³-hybridized carbons (Fsp3) is 0.562. The van der Waals surface area contributed by atoms with Crippen molar-refractivity contribution in [2.24, 2.45) is 0 Å².